The molecule has 1 N–H and O–H groups in total. The average molecular weight is 240 g/mol. The first-order valence-electron chi connectivity index (χ1n) is 7.65. The maximum Gasteiger partial charge on any atom is 0.00992 e. The molecule has 1 rings (SSSR count). The van der Waals surface area contributed by atoms with E-state index in [0.717, 1.165) is 18.1 Å². The van der Waals surface area contributed by atoms with E-state index in [9.17, 15) is 0 Å². The van der Waals surface area contributed by atoms with Gasteiger partial charge >= 0.3 is 0 Å². The molecule has 0 radical (unpaired) electrons. The second-order valence-electron chi connectivity index (χ2n) is 5.64. The van der Waals surface area contributed by atoms with Gasteiger partial charge in [0.1, 0.15) is 0 Å². The largest absolute Gasteiger partial charge is 0.317 e. The highest BCUT2D eigenvalue weighted by Gasteiger charge is 2.26. The van der Waals surface area contributed by atoms with E-state index in [0.29, 0.717) is 0 Å². The maximum absolute atomic E-state index is 3.43. The van der Waals surface area contributed by atoms with Crippen molar-refractivity contribution in [2.45, 2.75) is 83.8 Å². The number of rotatable bonds is 7. The Balaban J connectivity index is 2.46. The summed E-state index contributed by atoms with van der Waals surface area (Å²) >= 11 is 0. The zero-order chi connectivity index (χ0) is 12.7. The van der Waals surface area contributed by atoms with Crippen LogP contribution in [-0.4, -0.2) is 36.6 Å². The molecule has 0 heterocycles. The average Bonchev–Trinajstić information content (AvgIpc) is 2.39. The van der Waals surface area contributed by atoms with Crippen molar-refractivity contribution in [3.05, 3.63) is 0 Å². The Labute approximate surface area is 108 Å². The second kappa shape index (κ2) is 8.10. The van der Waals surface area contributed by atoms with Crippen molar-refractivity contribution in [2.24, 2.45) is 0 Å². The smallest absolute Gasteiger partial charge is 0.00992 e. The number of hydrogen-bond donors (Lipinski definition) is 1. The fraction of sp³-hybridized carbons (Fsp3) is 1.00. The first-order chi connectivity index (χ1) is 8.22. The topological polar surface area (TPSA) is 15.3 Å². The molecular formula is C15H32N2. The van der Waals surface area contributed by atoms with Crippen molar-refractivity contribution in [3.63, 3.8) is 0 Å². The van der Waals surface area contributed by atoms with E-state index >= 15 is 0 Å². The van der Waals surface area contributed by atoms with Crippen LogP contribution in [0, 0.1) is 0 Å². The molecule has 1 aliphatic carbocycles. The van der Waals surface area contributed by atoms with E-state index in [2.05, 4.69) is 38.0 Å². The first kappa shape index (κ1) is 15.0. The Morgan fingerprint density at radius 3 is 2.29 bits per heavy atom. The van der Waals surface area contributed by atoms with Crippen LogP contribution in [0.25, 0.3) is 0 Å². The molecule has 0 aromatic heterocycles. The van der Waals surface area contributed by atoms with E-state index in [1.165, 1.54) is 51.5 Å². The van der Waals surface area contributed by atoms with Crippen LogP contribution in [0.4, 0.5) is 0 Å². The van der Waals surface area contributed by atoms with Gasteiger partial charge in [-0.2, -0.15) is 0 Å². The van der Waals surface area contributed by atoms with Crippen molar-refractivity contribution in [2.75, 3.05) is 13.6 Å². The lowest BCUT2D eigenvalue weighted by atomic mass is 9.89. The Kier molecular flexibility index (Phi) is 7.14. The summed E-state index contributed by atoms with van der Waals surface area (Å²) in [5.41, 5.74) is 0. The van der Waals surface area contributed by atoms with Crippen LogP contribution in [-0.2, 0) is 0 Å². The van der Waals surface area contributed by atoms with Gasteiger partial charge < -0.3 is 5.32 Å². The third-order valence-corrected chi connectivity index (χ3v) is 4.50. The van der Waals surface area contributed by atoms with Gasteiger partial charge in [0.15, 0.2) is 0 Å². The monoisotopic (exact) mass is 240 g/mol. The Bertz CT molecular complexity index is 185. The molecule has 102 valence electrons. The lowest BCUT2D eigenvalue weighted by Crippen LogP contribution is -2.46. The molecule has 1 unspecified atom stereocenters. The van der Waals surface area contributed by atoms with Gasteiger partial charge in [-0.05, 0) is 59.0 Å². The number of nitrogens with one attached hydrogen (secondary N) is 1. The third kappa shape index (κ3) is 4.59. The van der Waals surface area contributed by atoms with Crippen molar-refractivity contribution < 1.29 is 0 Å². The third-order valence-electron chi connectivity index (χ3n) is 4.50. The van der Waals surface area contributed by atoms with Crippen molar-refractivity contribution in [3.8, 4) is 0 Å². The molecule has 1 aliphatic rings. The van der Waals surface area contributed by atoms with Crippen LogP contribution in [0.1, 0.15) is 65.7 Å². The molecule has 0 spiro atoms. The van der Waals surface area contributed by atoms with Gasteiger partial charge in [-0.1, -0.05) is 20.3 Å². The second-order valence-corrected chi connectivity index (χ2v) is 5.64. The van der Waals surface area contributed by atoms with Crippen LogP contribution in [0.2, 0.25) is 0 Å². The lowest BCUT2D eigenvalue weighted by molar-refractivity contribution is 0.100. The van der Waals surface area contributed by atoms with Gasteiger partial charge in [-0.3, -0.25) is 4.90 Å². The molecule has 0 amide bonds. The van der Waals surface area contributed by atoms with Crippen LogP contribution in [0.3, 0.4) is 0 Å². The molecule has 17 heavy (non-hydrogen) atoms. The van der Waals surface area contributed by atoms with E-state index in [1.807, 2.05) is 0 Å². The summed E-state index contributed by atoms with van der Waals surface area (Å²) in [6, 6.07) is 2.38. The van der Waals surface area contributed by atoms with Gasteiger partial charge in [-0.25, -0.2) is 0 Å². The van der Waals surface area contributed by atoms with Crippen LogP contribution >= 0.6 is 0 Å². The summed E-state index contributed by atoms with van der Waals surface area (Å²) in [6.07, 6.45) is 9.46. The molecule has 2 nitrogen and oxygen atoms in total. The summed E-state index contributed by atoms with van der Waals surface area (Å²) in [7, 11) is 2.11. The van der Waals surface area contributed by atoms with E-state index in [1.54, 1.807) is 0 Å². The van der Waals surface area contributed by atoms with E-state index < -0.39 is 0 Å². The van der Waals surface area contributed by atoms with E-state index in [4.69, 9.17) is 0 Å². The summed E-state index contributed by atoms with van der Waals surface area (Å²) in [5.74, 6) is 0. The molecule has 0 bridgehead atoms. The highest BCUT2D eigenvalue weighted by atomic mass is 15.2. The van der Waals surface area contributed by atoms with Crippen molar-refractivity contribution >= 4 is 0 Å². The normalized spacial score (nSPS) is 27.4. The number of hydrogen-bond acceptors (Lipinski definition) is 2. The van der Waals surface area contributed by atoms with Crippen LogP contribution in [0.15, 0.2) is 0 Å². The molecule has 0 saturated heterocycles. The quantitative estimate of drug-likeness (QED) is 0.733. The minimum atomic E-state index is 0.762. The SMILES string of the molecule is CCCCN(C(C)CC)C1CCC(NC)CC1. The first-order valence-corrected chi connectivity index (χ1v) is 7.65. The highest BCUT2D eigenvalue weighted by molar-refractivity contribution is 4.84. The maximum atomic E-state index is 3.43. The van der Waals surface area contributed by atoms with Gasteiger partial charge in [0.05, 0.1) is 0 Å². The Hall–Kier alpha value is -0.0800. The molecule has 0 aliphatic heterocycles. The fourth-order valence-corrected chi connectivity index (χ4v) is 3.03. The fourth-order valence-electron chi connectivity index (χ4n) is 3.03. The standard InChI is InChI=1S/C15H32N2/c1-5-7-12-17(13(3)6-2)15-10-8-14(16-4)9-11-15/h13-16H,5-12H2,1-4H3. The van der Waals surface area contributed by atoms with Crippen molar-refractivity contribution in [1.82, 2.24) is 10.2 Å². The molecule has 1 saturated carbocycles. The molecular weight excluding hydrogens is 208 g/mol. The minimum absolute atomic E-state index is 0.762. The number of nitrogens with zero attached hydrogens (tertiary/aromatic N) is 1. The summed E-state index contributed by atoms with van der Waals surface area (Å²) < 4.78 is 0. The molecule has 2 heteroatoms. The van der Waals surface area contributed by atoms with E-state index in [-0.39, 0.29) is 0 Å². The van der Waals surface area contributed by atoms with Crippen molar-refractivity contribution in [1.29, 1.82) is 0 Å². The Morgan fingerprint density at radius 2 is 1.82 bits per heavy atom. The lowest BCUT2D eigenvalue weighted by Gasteiger charge is -2.40. The predicted molar refractivity (Wildman–Crippen MR) is 76.5 cm³/mol. The van der Waals surface area contributed by atoms with Gasteiger partial charge in [0.25, 0.3) is 0 Å². The molecule has 1 atom stereocenters. The number of unbranched alkanes of at least 4 members (excludes halogenated alkanes) is 1. The van der Waals surface area contributed by atoms with Gasteiger partial charge in [0, 0.05) is 18.1 Å². The summed E-state index contributed by atoms with van der Waals surface area (Å²) in [4.78, 5) is 2.79. The van der Waals surface area contributed by atoms with Crippen LogP contribution in [0.5, 0.6) is 0 Å². The molecule has 1 fully saturated rings. The Morgan fingerprint density at radius 1 is 1.18 bits per heavy atom. The zero-order valence-electron chi connectivity index (χ0n) is 12.3. The minimum Gasteiger partial charge on any atom is -0.317 e. The highest BCUT2D eigenvalue weighted by Crippen LogP contribution is 2.25. The predicted octanol–water partition coefficient (Wildman–Crippen LogP) is 3.42. The molecule has 0 aromatic carbocycles. The molecule has 0 aromatic rings. The summed E-state index contributed by atoms with van der Waals surface area (Å²) in [5, 5.41) is 3.43. The van der Waals surface area contributed by atoms with Crippen LogP contribution < -0.4 is 5.32 Å². The summed E-state index contributed by atoms with van der Waals surface area (Å²) in [6.45, 7) is 8.33. The van der Waals surface area contributed by atoms with Gasteiger partial charge in [-0.15, -0.1) is 0 Å². The van der Waals surface area contributed by atoms with Gasteiger partial charge in [0.2, 0.25) is 0 Å². The zero-order valence-corrected chi connectivity index (χ0v) is 12.3.